The Balaban J connectivity index is 0.00000242. The van der Waals surface area contributed by atoms with Gasteiger partial charge >= 0.3 is 6.18 Å². The van der Waals surface area contributed by atoms with E-state index in [0.29, 0.717) is 24.2 Å². The smallest absolute Gasteiger partial charge is 0.381 e. The van der Waals surface area contributed by atoms with E-state index in [1.807, 2.05) is 0 Å². The molecule has 0 bridgehead atoms. The first-order chi connectivity index (χ1) is 9.99. The molecule has 0 atom stereocenters. The van der Waals surface area contributed by atoms with Crippen LogP contribution in [0.2, 0.25) is 0 Å². The van der Waals surface area contributed by atoms with Gasteiger partial charge in [0.15, 0.2) is 11.7 Å². The van der Waals surface area contributed by atoms with Crippen molar-refractivity contribution in [3.05, 3.63) is 16.1 Å². The number of aromatic nitrogens is 1. The molecule has 1 aliphatic rings. The maximum Gasteiger partial charge on any atom is 0.434 e. The van der Waals surface area contributed by atoms with Crippen LogP contribution in [0.3, 0.4) is 0 Å². The molecule has 0 radical (unpaired) electrons. The van der Waals surface area contributed by atoms with Crippen LogP contribution in [0.5, 0.6) is 0 Å². The molecule has 2 heterocycles. The Bertz CT molecular complexity index is 489. The Labute approximate surface area is 147 Å². The van der Waals surface area contributed by atoms with Crippen molar-refractivity contribution >= 4 is 41.3 Å². The molecule has 1 aromatic heterocycles. The number of thiazole rings is 1. The van der Waals surface area contributed by atoms with Crippen molar-refractivity contribution in [2.75, 3.05) is 20.3 Å². The number of ether oxygens (including phenoxy) is 1. The summed E-state index contributed by atoms with van der Waals surface area (Å²) in [6, 6.07) is 0.270. The van der Waals surface area contributed by atoms with Crippen molar-refractivity contribution in [2.45, 2.75) is 31.6 Å². The van der Waals surface area contributed by atoms with Crippen LogP contribution in [-0.4, -0.2) is 37.2 Å². The van der Waals surface area contributed by atoms with Gasteiger partial charge in [-0.2, -0.15) is 13.2 Å². The van der Waals surface area contributed by atoms with Crippen molar-refractivity contribution in [2.24, 2.45) is 4.99 Å². The number of nitrogens with one attached hydrogen (secondary N) is 2. The van der Waals surface area contributed by atoms with Crippen LogP contribution in [0.25, 0.3) is 0 Å². The molecule has 1 aliphatic heterocycles. The lowest BCUT2D eigenvalue weighted by atomic mass is 10.1. The lowest BCUT2D eigenvalue weighted by molar-refractivity contribution is -0.140. The number of guanidine groups is 1. The molecule has 1 fully saturated rings. The van der Waals surface area contributed by atoms with E-state index in [2.05, 4.69) is 20.6 Å². The number of alkyl halides is 3. The third kappa shape index (κ3) is 5.88. The SMILES string of the molecule is CN=C(NCc1nc(C(F)(F)F)cs1)NC1CCOCC1.I. The fourth-order valence-electron chi connectivity index (χ4n) is 1.91. The molecule has 0 spiro atoms. The van der Waals surface area contributed by atoms with Crippen LogP contribution in [0.4, 0.5) is 13.2 Å². The lowest BCUT2D eigenvalue weighted by Gasteiger charge is -2.24. The van der Waals surface area contributed by atoms with Gasteiger partial charge in [0.05, 0.1) is 6.54 Å². The molecule has 0 aliphatic carbocycles. The molecule has 1 saturated heterocycles. The lowest BCUT2D eigenvalue weighted by Crippen LogP contribution is -2.45. The fraction of sp³-hybridized carbons (Fsp3) is 0.667. The predicted octanol–water partition coefficient (Wildman–Crippen LogP) is 2.62. The summed E-state index contributed by atoms with van der Waals surface area (Å²) in [6.45, 7) is 1.62. The van der Waals surface area contributed by atoms with Crippen LogP contribution in [0, 0.1) is 0 Å². The van der Waals surface area contributed by atoms with E-state index in [1.165, 1.54) is 0 Å². The highest BCUT2D eigenvalue weighted by molar-refractivity contribution is 14.0. The second-order valence-electron chi connectivity index (χ2n) is 4.58. The van der Waals surface area contributed by atoms with Crippen molar-refractivity contribution < 1.29 is 17.9 Å². The van der Waals surface area contributed by atoms with Crippen molar-refractivity contribution in [1.82, 2.24) is 15.6 Å². The van der Waals surface area contributed by atoms with Gasteiger partial charge in [-0.15, -0.1) is 35.3 Å². The van der Waals surface area contributed by atoms with Gasteiger partial charge in [-0.3, -0.25) is 4.99 Å². The molecule has 0 saturated carbocycles. The molecule has 0 aromatic carbocycles. The van der Waals surface area contributed by atoms with Gasteiger partial charge in [-0.1, -0.05) is 0 Å². The third-order valence-corrected chi connectivity index (χ3v) is 3.88. The van der Waals surface area contributed by atoms with Crippen LogP contribution >= 0.6 is 35.3 Å². The van der Waals surface area contributed by atoms with Crippen molar-refractivity contribution in [3.8, 4) is 0 Å². The second kappa shape index (κ2) is 8.87. The Kier molecular flexibility index (Phi) is 7.83. The maximum absolute atomic E-state index is 12.5. The minimum Gasteiger partial charge on any atom is -0.381 e. The molecule has 0 amide bonds. The van der Waals surface area contributed by atoms with E-state index in [4.69, 9.17) is 4.74 Å². The van der Waals surface area contributed by atoms with E-state index in [1.54, 1.807) is 7.05 Å². The molecule has 5 nitrogen and oxygen atoms in total. The van der Waals surface area contributed by atoms with Crippen LogP contribution in [0.15, 0.2) is 10.4 Å². The first-order valence-corrected chi connectivity index (χ1v) is 7.43. The number of halogens is 4. The molecule has 2 rings (SSSR count). The highest BCUT2D eigenvalue weighted by Crippen LogP contribution is 2.29. The molecular weight excluding hydrogens is 432 g/mol. The molecule has 10 heteroatoms. The van der Waals surface area contributed by atoms with Gasteiger partial charge in [-0.25, -0.2) is 4.98 Å². The Morgan fingerprint density at radius 3 is 2.68 bits per heavy atom. The van der Waals surface area contributed by atoms with E-state index in [-0.39, 0.29) is 36.6 Å². The van der Waals surface area contributed by atoms with Gasteiger partial charge in [0.2, 0.25) is 0 Å². The van der Waals surface area contributed by atoms with Crippen LogP contribution in [0.1, 0.15) is 23.5 Å². The highest BCUT2D eigenvalue weighted by atomic mass is 127. The molecule has 1 aromatic rings. The van der Waals surface area contributed by atoms with Gasteiger partial charge in [0.25, 0.3) is 0 Å². The van der Waals surface area contributed by atoms with E-state index in [0.717, 1.165) is 29.6 Å². The summed E-state index contributed by atoms with van der Waals surface area (Å²) >= 11 is 0.979. The number of nitrogens with zero attached hydrogens (tertiary/aromatic N) is 2. The average molecular weight is 450 g/mol. The zero-order chi connectivity index (χ0) is 15.3. The summed E-state index contributed by atoms with van der Waals surface area (Å²) in [7, 11) is 1.62. The Morgan fingerprint density at radius 2 is 2.14 bits per heavy atom. The fourth-order valence-corrected chi connectivity index (χ4v) is 2.65. The molecule has 22 heavy (non-hydrogen) atoms. The quantitative estimate of drug-likeness (QED) is 0.423. The Morgan fingerprint density at radius 1 is 1.45 bits per heavy atom. The summed E-state index contributed by atoms with van der Waals surface area (Å²) < 4.78 is 42.6. The first kappa shape index (κ1) is 19.4. The van der Waals surface area contributed by atoms with Gasteiger partial charge in [0, 0.05) is 31.7 Å². The number of aliphatic imine (C=N–C) groups is 1. The summed E-state index contributed by atoms with van der Waals surface area (Å²) in [5, 5.41) is 7.59. The normalized spacial score (nSPS) is 17.0. The molecular formula is C12H18F3IN4OS. The second-order valence-corrected chi connectivity index (χ2v) is 5.52. The first-order valence-electron chi connectivity index (χ1n) is 6.55. The van der Waals surface area contributed by atoms with Crippen molar-refractivity contribution in [1.29, 1.82) is 0 Å². The van der Waals surface area contributed by atoms with Gasteiger partial charge in [-0.05, 0) is 12.8 Å². The van der Waals surface area contributed by atoms with Crippen LogP contribution < -0.4 is 10.6 Å². The standard InChI is InChI=1S/C12H17F3N4OS.HI/c1-16-11(18-8-2-4-20-5-3-8)17-6-10-19-9(7-21-10)12(13,14)15;/h7-8H,2-6H2,1H3,(H2,16,17,18);1H. The summed E-state index contributed by atoms with van der Waals surface area (Å²) in [5.41, 5.74) is -0.850. The van der Waals surface area contributed by atoms with Gasteiger partial charge in [0.1, 0.15) is 5.01 Å². The average Bonchev–Trinajstić information content (AvgIpc) is 2.93. The van der Waals surface area contributed by atoms with Crippen molar-refractivity contribution in [3.63, 3.8) is 0 Å². The summed E-state index contributed by atoms with van der Waals surface area (Å²) in [6.07, 6.45) is -2.62. The zero-order valence-electron chi connectivity index (χ0n) is 11.9. The summed E-state index contributed by atoms with van der Waals surface area (Å²) in [4.78, 5) is 7.62. The maximum atomic E-state index is 12.5. The largest absolute Gasteiger partial charge is 0.434 e. The Hall–Kier alpha value is -0.620. The topological polar surface area (TPSA) is 58.5 Å². The third-order valence-electron chi connectivity index (χ3n) is 3.03. The molecule has 2 N–H and O–H groups in total. The van der Waals surface area contributed by atoms with E-state index < -0.39 is 11.9 Å². The minimum atomic E-state index is -4.39. The number of rotatable bonds is 3. The zero-order valence-corrected chi connectivity index (χ0v) is 15.1. The van der Waals surface area contributed by atoms with E-state index >= 15 is 0 Å². The highest BCUT2D eigenvalue weighted by Gasteiger charge is 2.33. The van der Waals surface area contributed by atoms with E-state index in [9.17, 15) is 13.2 Å². The molecule has 126 valence electrons. The van der Waals surface area contributed by atoms with Gasteiger partial charge < -0.3 is 15.4 Å². The monoisotopic (exact) mass is 450 g/mol. The number of hydrogen-bond donors (Lipinski definition) is 2. The minimum absolute atomic E-state index is 0. The molecule has 0 unspecified atom stereocenters. The predicted molar refractivity (Wildman–Crippen MR) is 89.7 cm³/mol. The van der Waals surface area contributed by atoms with Crippen LogP contribution in [-0.2, 0) is 17.5 Å². The number of hydrogen-bond acceptors (Lipinski definition) is 4. The summed E-state index contributed by atoms with van der Waals surface area (Å²) in [5.74, 6) is 0.561.